The average Bonchev–Trinajstić information content (AvgIpc) is 2.98. The maximum Gasteiger partial charge on any atom is 0.321 e. The van der Waals surface area contributed by atoms with E-state index in [4.69, 9.17) is 21.4 Å². The molecule has 0 fully saturated rings. The number of aromatic nitrogens is 5. The number of rotatable bonds is 4. The lowest BCUT2D eigenvalue weighted by molar-refractivity contribution is 0.415. The fourth-order valence-electron chi connectivity index (χ4n) is 1.58. The van der Waals surface area contributed by atoms with E-state index in [-0.39, 0.29) is 6.01 Å². The van der Waals surface area contributed by atoms with Gasteiger partial charge in [0.1, 0.15) is 5.75 Å². The molecule has 0 unspecified atom stereocenters. The van der Waals surface area contributed by atoms with Gasteiger partial charge in [0.15, 0.2) is 5.82 Å². The molecule has 21 heavy (non-hydrogen) atoms. The zero-order chi connectivity index (χ0) is 14.7. The monoisotopic (exact) mass is 302 g/mol. The Morgan fingerprint density at radius 1 is 1.24 bits per heavy atom. The highest BCUT2D eigenvalue weighted by atomic mass is 32.1. The summed E-state index contributed by atoms with van der Waals surface area (Å²) in [5.74, 6) is 1.57. The SMILES string of the molecule is COc1ccc(-c2nnc(Nc3cnc(=S)[nH]n3)o2)cc1. The van der Waals surface area contributed by atoms with Crippen molar-refractivity contribution >= 4 is 24.1 Å². The van der Waals surface area contributed by atoms with Gasteiger partial charge >= 0.3 is 6.01 Å². The van der Waals surface area contributed by atoms with E-state index in [1.54, 1.807) is 7.11 Å². The number of anilines is 2. The quantitative estimate of drug-likeness (QED) is 0.708. The van der Waals surface area contributed by atoms with E-state index in [9.17, 15) is 0 Å². The molecular formula is C12H10N6O2S. The number of aromatic amines is 1. The Kier molecular flexibility index (Phi) is 3.56. The molecule has 0 atom stereocenters. The number of H-pyrrole nitrogens is 1. The Bertz CT molecular complexity index is 778. The molecule has 3 aromatic rings. The molecule has 2 aromatic heterocycles. The van der Waals surface area contributed by atoms with Crippen LogP contribution in [0.5, 0.6) is 5.75 Å². The molecule has 0 aliphatic carbocycles. The highest BCUT2D eigenvalue weighted by Gasteiger charge is 2.09. The standard InChI is InChI=1S/C12H10N6O2S/c1-19-8-4-2-7(3-5-8)10-16-17-11(20-10)14-9-6-13-12(21)18-15-9/h2-6H,1H3,(H,13,18,21)(H,14,15,17). The molecule has 0 aliphatic heterocycles. The van der Waals surface area contributed by atoms with E-state index in [1.807, 2.05) is 24.3 Å². The average molecular weight is 302 g/mol. The fourth-order valence-corrected chi connectivity index (χ4v) is 1.68. The van der Waals surface area contributed by atoms with Gasteiger partial charge in [-0.2, -0.15) is 5.10 Å². The molecule has 2 N–H and O–H groups in total. The minimum Gasteiger partial charge on any atom is -0.497 e. The Morgan fingerprint density at radius 2 is 2.05 bits per heavy atom. The summed E-state index contributed by atoms with van der Waals surface area (Å²) in [4.78, 5) is 3.89. The van der Waals surface area contributed by atoms with Crippen molar-refractivity contribution in [1.29, 1.82) is 0 Å². The van der Waals surface area contributed by atoms with Crippen molar-refractivity contribution in [2.75, 3.05) is 12.4 Å². The van der Waals surface area contributed by atoms with Gasteiger partial charge in [-0.3, -0.25) is 5.32 Å². The van der Waals surface area contributed by atoms with E-state index >= 15 is 0 Å². The molecule has 9 heteroatoms. The summed E-state index contributed by atoms with van der Waals surface area (Å²) in [6.45, 7) is 0. The van der Waals surface area contributed by atoms with Gasteiger partial charge in [0.05, 0.1) is 13.3 Å². The van der Waals surface area contributed by atoms with Crippen LogP contribution in [0, 0.1) is 4.77 Å². The third-order valence-electron chi connectivity index (χ3n) is 2.57. The molecular weight excluding hydrogens is 292 g/mol. The Labute approximate surface area is 124 Å². The van der Waals surface area contributed by atoms with Crippen molar-refractivity contribution in [3.8, 4) is 17.2 Å². The molecule has 3 rings (SSSR count). The molecule has 0 aliphatic rings. The predicted octanol–water partition coefficient (Wildman–Crippen LogP) is 2.34. The van der Waals surface area contributed by atoms with Crippen LogP contribution in [-0.2, 0) is 0 Å². The Balaban J connectivity index is 1.79. The first-order valence-electron chi connectivity index (χ1n) is 5.91. The van der Waals surface area contributed by atoms with Gasteiger partial charge in [-0.15, -0.1) is 5.10 Å². The first-order valence-corrected chi connectivity index (χ1v) is 6.32. The van der Waals surface area contributed by atoms with Gasteiger partial charge in [-0.1, -0.05) is 5.10 Å². The first-order chi connectivity index (χ1) is 10.2. The van der Waals surface area contributed by atoms with Gasteiger partial charge in [0.2, 0.25) is 10.7 Å². The minimum atomic E-state index is 0.209. The summed E-state index contributed by atoms with van der Waals surface area (Å²) >= 11 is 4.81. The van der Waals surface area contributed by atoms with E-state index < -0.39 is 0 Å². The van der Waals surface area contributed by atoms with Gasteiger partial charge in [0, 0.05) is 5.56 Å². The second kappa shape index (κ2) is 5.67. The smallest absolute Gasteiger partial charge is 0.321 e. The summed E-state index contributed by atoms with van der Waals surface area (Å²) in [6.07, 6.45) is 1.47. The van der Waals surface area contributed by atoms with Crippen LogP contribution < -0.4 is 10.1 Å². The Morgan fingerprint density at radius 3 is 2.71 bits per heavy atom. The van der Waals surface area contributed by atoms with Gasteiger partial charge in [0.25, 0.3) is 0 Å². The normalized spacial score (nSPS) is 10.3. The molecule has 0 radical (unpaired) electrons. The third-order valence-corrected chi connectivity index (χ3v) is 2.77. The lowest BCUT2D eigenvalue weighted by Gasteiger charge is -1.99. The lowest BCUT2D eigenvalue weighted by atomic mass is 10.2. The number of methoxy groups -OCH3 is 1. The maximum atomic E-state index is 5.50. The summed E-state index contributed by atoms with van der Waals surface area (Å²) in [6, 6.07) is 7.50. The molecule has 8 nitrogen and oxygen atoms in total. The minimum absolute atomic E-state index is 0.209. The van der Waals surface area contributed by atoms with Crippen molar-refractivity contribution in [1.82, 2.24) is 25.4 Å². The van der Waals surface area contributed by atoms with Crippen LogP contribution in [0.25, 0.3) is 11.5 Å². The van der Waals surface area contributed by atoms with Crippen molar-refractivity contribution in [2.45, 2.75) is 0 Å². The first kappa shape index (κ1) is 13.2. The second-order valence-electron chi connectivity index (χ2n) is 3.94. The summed E-state index contributed by atoms with van der Waals surface area (Å²) in [5, 5.41) is 17.2. The number of benzene rings is 1. The van der Waals surface area contributed by atoms with E-state index in [0.29, 0.717) is 16.5 Å². The molecule has 106 valence electrons. The van der Waals surface area contributed by atoms with Crippen LogP contribution in [0.3, 0.4) is 0 Å². The van der Waals surface area contributed by atoms with Crippen LogP contribution in [-0.4, -0.2) is 32.5 Å². The summed E-state index contributed by atoms with van der Waals surface area (Å²) in [5.41, 5.74) is 0.787. The number of nitrogens with one attached hydrogen (secondary N) is 2. The maximum absolute atomic E-state index is 5.50. The van der Waals surface area contributed by atoms with E-state index in [1.165, 1.54) is 6.20 Å². The van der Waals surface area contributed by atoms with Gasteiger partial charge < -0.3 is 9.15 Å². The van der Waals surface area contributed by atoms with Crippen molar-refractivity contribution in [3.05, 3.63) is 35.2 Å². The molecule has 1 aromatic carbocycles. The van der Waals surface area contributed by atoms with Crippen molar-refractivity contribution in [2.24, 2.45) is 0 Å². The largest absolute Gasteiger partial charge is 0.497 e. The van der Waals surface area contributed by atoms with Crippen LogP contribution in [0.2, 0.25) is 0 Å². The lowest BCUT2D eigenvalue weighted by Crippen LogP contribution is -1.96. The second-order valence-corrected chi connectivity index (χ2v) is 4.32. The topological polar surface area (TPSA) is 102 Å². The highest BCUT2D eigenvalue weighted by Crippen LogP contribution is 2.23. The molecule has 0 saturated heterocycles. The van der Waals surface area contributed by atoms with Crippen molar-refractivity contribution in [3.63, 3.8) is 0 Å². The van der Waals surface area contributed by atoms with Gasteiger partial charge in [-0.25, -0.2) is 10.1 Å². The molecule has 0 saturated carbocycles. The fraction of sp³-hybridized carbons (Fsp3) is 0.0833. The number of ether oxygens (including phenoxy) is 1. The Hall–Kier alpha value is -2.81. The zero-order valence-electron chi connectivity index (χ0n) is 10.9. The molecule has 2 heterocycles. The number of hydrogen-bond donors (Lipinski definition) is 2. The summed E-state index contributed by atoms with van der Waals surface area (Å²) in [7, 11) is 1.61. The van der Waals surface area contributed by atoms with E-state index in [2.05, 4.69) is 30.7 Å². The molecule has 0 spiro atoms. The van der Waals surface area contributed by atoms with Crippen LogP contribution in [0.4, 0.5) is 11.8 Å². The number of hydrogen-bond acceptors (Lipinski definition) is 8. The predicted molar refractivity (Wildman–Crippen MR) is 76.8 cm³/mol. The van der Waals surface area contributed by atoms with Gasteiger partial charge in [-0.05, 0) is 36.5 Å². The van der Waals surface area contributed by atoms with Crippen LogP contribution >= 0.6 is 12.2 Å². The number of nitrogens with zero attached hydrogens (tertiary/aromatic N) is 4. The van der Waals surface area contributed by atoms with Crippen molar-refractivity contribution < 1.29 is 9.15 Å². The highest BCUT2D eigenvalue weighted by molar-refractivity contribution is 7.71. The third kappa shape index (κ3) is 3.03. The summed E-state index contributed by atoms with van der Waals surface area (Å²) < 4.78 is 10.9. The van der Waals surface area contributed by atoms with Crippen LogP contribution in [0.15, 0.2) is 34.9 Å². The zero-order valence-corrected chi connectivity index (χ0v) is 11.7. The molecule has 0 bridgehead atoms. The van der Waals surface area contributed by atoms with E-state index in [0.717, 1.165) is 11.3 Å². The van der Waals surface area contributed by atoms with Crippen LogP contribution in [0.1, 0.15) is 0 Å². The molecule has 0 amide bonds.